The summed E-state index contributed by atoms with van der Waals surface area (Å²) in [6.45, 7) is 4.97. The van der Waals surface area contributed by atoms with Crippen LogP contribution in [-0.4, -0.2) is 6.10 Å². The van der Waals surface area contributed by atoms with Gasteiger partial charge in [0.25, 0.3) is 0 Å². The second-order valence-corrected chi connectivity index (χ2v) is 4.40. The molecule has 72 valence electrons. The first-order valence-corrected chi connectivity index (χ1v) is 5.66. The van der Waals surface area contributed by atoms with Crippen molar-refractivity contribution in [3.8, 4) is 0 Å². The molecule has 0 heterocycles. The third-order valence-corrected chi connectivity index (χ3v) is 2.74. The van der Waals surface area contributed by atoms with Crippen molar-refractivity contribution in [2.45, 2.75) is 33.0 Å². The van der Waals surface area contributed by atoms with E-state index in [0.717, 1.165) is 13.0 Å². The van der Waals surface area contributed by atoms with E-state index in [2.05, 4.69) is 60.7 Å². The average molecular weight is 290 g/mol. The lowest BCUT2D eigenvalue weighted by Crippen LogP contribution is -2.05. The van der Waals surface area contributed by atoms with Crippen molar-refractivity contribution in [1.82, 2.24) is 0 Å². The Hall–Kier alpha value is -0.0900. The summed E-state index contributed by atoms with van der Waals surface area (Å²) >= 11 is 2.30. The van der Waals surface area contributed by atoms with Crippen LogP contribution in [0.3, 0.4) is 0 Å². The van der Waals surface area contributed by atoms with Crippen LogP contribution in [0.1, 0.15) is 25.8 Å². The van der Waals surface area contributed by atoms with Gasteiger partial charge in [-0.15, -0.1) is 0 Å². The number of ether oxygens (including phenoxy) is 1. The molecule has 0 saturated carbocycles. The summed E-state index contributed by atoms with van der Waals surface area (Å²) < 4.78 is 6.88. The van der Waals surface area contributed by atoms with Crippen molar-refractivity contribution in [1.29, 1.82) is 0 Å². The first-order chi connectivity index (χ1) is 6.22. The molecule has 1 rings (SSSR count). The molecule has 1 nitrogen and oxygen atoms in total. The molecule has 0 aromatic heterocycles. The van der Waals surface area contributed by atoms with Crippen molar-refractivity contribution in [2.24, 2.45) is 0 Å². The van der Waals surface area contributed by atoms with E-state index in [1.807, 2.05) is 0 Å². The number of halogens is 1. The minimum Gasteiger partial charge on any atom is -0.374 e. The van der Waals surface area contributed by atoms with Crippen molar-refractivity contribution < 1.29 is 4.74 Å². The molecule has 0 amide bonds. The molecule has 0 bridgehead atoms. The van der Waals surface area contributed by atoms with Crippen LogP contribution in [0.4, 0.5) is 0 Å². The molecule has 2 heteroatoms. The molecule has 0 aliphatic carbocycles. The Morgan fingerprint density at radius 1 is 1.31 bits per heavy atom. The van der Waals surface area contributed by atoms with Crippen molar-refractivity contribution in [3.05, 3.63) is 33.4 Å². The lowest BCUT2D eigenvalue weighted by atomic mass is 10.2. The Morgan fingerprint density at radius 2 is 1.92 bits per heavy atom. The Labute approximate surface area is 93.6 Å². The predicted octanol–water partition coefficient (Wildman–Crippen LogP) is 3.61. The summed E-state index contributed by atoms with van der Waals surface area (Å²) in [5.74, 6) is 0. The van der Waals surface area contributed by atoms with Gasteiger partial charge in [0.05, 0.1) is 12.7 Å². The highest BCUT2D eigenvalue weighted by Crippen LogP contribution is 2.09. The zero-order valence-corrected chi connectivity index (χ0v) is 10.2. The quantitative estimate of drug-likeness (QED) is 0.770. The van der Waals surface area contributed by atoms with Gasteiger partial charge in [-0.05, 0) is 53.6 Å². The summed E-state index contributed by atoms with van der Waals surface area (Å²) in [6.07, 6.45) is 1.43. The molecular weight excluding hydrogens is 275 g/mol. The molecule has 1 aromatic rings. The van der Waals surface area contributed by atoms with Gasteiger partial charge in [0.2, 0.25) is 0 Å². The van der Waals surface area contributed by atoms with Gasteiger partial charge >= 0.3 is 0 Å². The van der Waals surface area contributed by atoms with Crippen LogP contribution in [0.15, 0.2) is 24.3 Å². The van der Waals surface area contributed by atoms with Gasteiger partial charge in [0.1, 0.15) is 0 Å². The SMILES string of the molecule is CCC(C)OCc1ccc(I)cc1. The number of hydrogen-bond acceptors (Lipinski definition) is 1. The highest BCUT2D eigenvalue weighted by atomic mass is 127. The molecular formula is C11H15IO. The topological polar surface area (TPSA) is 9.23 Å². The maximum Gasteiger partial charge on any atom is 0.0720 e. The van der Waals surface area contributed by atoms with Crippen LogP contribution >= 0.6 is 22.6 Å². The van der Waals surface area contributed by atoms with Crippen LogP contribution in [-0.2, 0) is 11.3 Å². The van der Waals surface area contributed by atoms with E-state index < -0.39 is 0 Å². The fourth-order valence-corrected chi connectivity index (χ4v) is 1.30. The third kappa shape index (κ3) is 4.09. The number of rotatable bonds is 4. The van der Waals surface area contributed by atoms with E-state index >= 15 is 0 Å². The summed E-state index contributed by atoms with van der Waals surface area (Å²) in [5.41, 5.74) is 1.25. The second-order valence-electron chi connectivity index (χ2n) is 3.16. The van der Waals surface area contributed by atoms with Gasteiger partial charge in [0.15, 0.2) is 0 Å². The summed E-state index contributed by atoms with van der Waals surface area (Å²) in [4.78, 5) is 0. The Kier molecular flexibility index (Phi) is 4.73. The minimum atomic E-state index is 0.360. The van der Waals surface area contributed by atoms with Crippen molar-refractivity contribution in [3.63, 3.8) is 0 Å². The third-order valence-electron chi connectivity index (χ3n) is 2.02. The summed E-state index contributed by atoms with van der Waals surface area (Å²) in [7, 11) is 0. The summed E-state index contributed by atoms with van der Waals surface area (Å²) in [5, 5.41) is 0. The highest BCUT2D eigenvalue weighted by molar-refractivity contribution is 14.1. The Morgan fingerprint density at radius 3 is 2.46 bits per heavy atom. The highest BCUT2D eigenvalue weighted by Gasteiger charge is 1.98. The van der Waals surface area contributed by atoms with Crippen LogP contribution in [0.25, 0.3) is 0 Å². The van der Waals surface area contributed by atoms with E-state index in [9.17, 15) is 0 Å². The zero-order valence-electron chi connectivity index (χ0n) is 8.09. The van der Waals surface area contributed by atoms with Crippen molar-refractivity contribution in [2.75, 3.05) is 0 Å². The monoisotopic (exact) mass is 290 g/mol. The Bertz CT molecular complexity index is 243. The lowest BCUT2D eigenvalue weighted by Gasteiger charge is -2.10. The first-order valence-electron chi connectivity index (χ1n) is 4.58. The molecule has 0 radical (unpaired) electrons. The number of benzene rings is 1. The normalized spacial score (nSPS) is 12.8. The molecule has 0 N–H and O–H groups in total. The maximum absolute atomic E-state index is 5.61. The fraction of sp³-hybridized carbons (Fsp3) is 0.455. The van der Waals surface area contributed by atoms with Crippen LogP contribution in [0, 0.1) is 3.57 Å². The van der Waals surface area contributed by atoms with Crippen molar-refractivity contribution >= 4 is 22.6 Å². The predicted molar refractivity (Wildman–Crippen MR) is 63.7 cm³/mol. The van der Waals surface area contributed by atoms with Gasteiger partial charge in [-0.2, -0.15) is 0 Å². The van der Waals surface area contributed by atoms with E-state index in [-0.39, 0.29) is 0 Å². The van der Waals surface area contributed by atoms with E-state index in [0.29, 0.717) is 6.10 Å². The van der Waals surface area contributed by atoms with Gasteiger partial charge in [-0.3, -0.25) is 0 Å². The van der Waals surface area contributed by atoms with Crippen LogP contribution < -0.4 is 0 Å². The van der Waals surface area contributed by atoms with Gasteiger partial charge in [-0.25, -0.2) is 0 Å². The molecule has 1 unspecified atom stereocenters. The second kappa shape index (κ2) is 5.60. The fourth-order valence-electron chi connectivity index (χ4n) is 0.937. The molecule has 1 atom stereocenters. The number of hydrogen-bond donors (Lipinski definition) is 0. The molecule has 0 saturated heterocycles. The van der Waals surface area contributed by atoms with Gasteiger partial charge < -0.3 is 4.74 Å². The molecule has 0 aliphatic rings. The van der Waals surface area contributed by atoms with E-state index in [4.69, 9.17) is 4.74 Å². The standard InChI is InChI=1S/C11H15IO/c1-3-9(2)13-8-10-4-6-11(12)7-5-10/h4-7,9H,3,8H2,1-2H3. The molecule has 1 aromatic carbocycles. The first kappa shape index (κ1) is 11.0. The molecule has 0 aliphatic heterocycles. The van der Waals surface area contributed by atoms with Gasteiger partial charge in [-0.1, -0.05) is 19.1 Å². The minimum absolute atomic E-state index is 0.360. The zero-order chi connectivity index (χ0) is 9.68. The summed E-state index contributed by atoms with van der Waals surface area (Å²) in [6, 6.07) is 8.44. The molecule has 13 heavy (non-hydrogen) atoms. The van der Waals surface area contributed by atoms with E-state index in [1.54, 1.807) is 0 Å². The van der Waals surface area contributed by atoms with E-state index in [1.165, 1.54) is 9.13 Å². The lowest BCUT2D eigenvalue weighted by molar-refractivity contribution is 0.0508. The van der Waals surface area contributed by atoms with Gasteiger partial charge in [0, 0.05) is 3.57 Å². The largest absolute Gasteiger partial charge is 0.374 e. The average Bonchev–Trinajstić information content (AvgIpc) is 2.16. The maximum atomic E-state index is 5.61. The van der Waals surface area contributed by atoms with Crippen LogP contribution in [0.5, 0.6) is 0 Å². The Balaban J connectivity index is 2.41. The molecule has 0 spiro atoms. The van der Waals surface area contributed by atoms with Crippen LogP contribution in [0.2, 0.25) is 0 Å². The smallest absolute Gasteiger partial charge is 0.0720 e. The molecule has 0 fully saturated rings.